The van der Waals surface area contributed by atoms with Crippen LogP contribution in [-0.2, 0) is 0 Å². The Morgan fingerprint density at radius 1 is 1.41 bits per heavy atom. The number of rotatable bonds is 4. The second-order valence-corrected chi connectivity index (χ2v) is 5.95. The summed E-state index contributed by atoms with van der Waals surface area (Å²) in [5.74, 6) is 1.93. The van der Waals surface area contributed by atoms with Gasteiger partial charge in [0.15, 0.2) is 0 Å². The minimum Gasteiger partial charge on any atom is -0.360 e. The Labute approximate surface area is 107 Å². The van der Waals surface area contributed by atoms with Crippen molar-refractivity contribution in [3.05, 3.63) is 5.82 Å². The fourth-order valence-corrected chi connectivity index (χ4v) is 2.96. The topological polar surface area (TPSA) is 63.8 Å². The van der Waals surface area contributed by atoms with E-state index < -0.39 is 0 Å². The zero-order valence-corrected chi connectivity index (χ0v) is 11.5. The summed E-state index contributed by atoms with van der Waals surface area (Å²) in [6, 6.07) is 0.355. The molecular formula is C12H22N4S. The Kier molecular flexibility index (Phi) is 4.34. The number of nitrogens with one attached hydrogen (secondary N) is 1. The molecule has 1 saturated carbocycles. The summed E-state index contributed by atoms with van der Waals surface area (Å²) in [7, 11) is 0. The van der Waals surface area contributed by atoms with Crippen LogP contribution in [-0.4, -0.2) is 21.9 Å². The molecule has 0 amide bonds. The first-order chi connectivity index (χ1) is 8.16. The minimum atomic E-state index is 0.355. The third-order valence-corrected chi connectivity index (χ3v) is 4.13. The summed E-state index contributed by atoms with van der Waals surface area (Å²) in [5.41, 5.74) is 6.12. The summed E-state index contributed by atoms with van der Waals surface area (Å²) in [5, 5.41) is 4.32. The van der Waals surface area contributed by atoms with Crippen LogP contribution in [0.2, 0.25) is 0 Å². The molecule has 1 aliphatic rings. The normalized spacial score (nSPS) is 25.2. The van der Waals surface area contributed by atoms with Crippen LogP contribution < -0.4 is 11.1 Å². The molecule has 96 valence electrons. The maximum absolute atomic E-state index is 6.12. The van der Waals surface area contributed by atoms with Gasteiger partial charge in [0.2, 0.25) is 5.13 Å². The summed E-state index contributed by atoms with van der Waals surface area (Å²) < 4.78 is 4.34. The highest BCUT2D eigenvalue weighted by Gasteiger charge is 2.21. The molecule has 3 N–H and O–H groups in total. The number of nitrogens with zero attached hydrogens (tertiary/aromatic N) is 2. The highest BCUT2D eigenvalue weighted by Crippen LogP contribution is 2.24. The molecule has 17 heavy (non-hydrogen) atoms. The third kappa shape index (κ3) is 3.39. The molecule has 1 aromatic rings. The molecule has 0 aromatic carbocycles. The van der Waals surface area contributed by atoms with Crippen molar-refractivity contribution in [1.29, 1.82) is 0 Å². The first kappa shape index (κ1) is 12.8. The van der Waals surface area contributed by atoms with E-state index in [2.05, 4.69) is 28.5 Å². The predicted molar refractivity (Wildman–Crippen MR) is 72.4 cm³/mol. The smallest absolute Gasteiger partial charge is 0.202 e. The molecule has 5 heteroatoms. The van der Waals surface area contributed by atoms with Crippen molar-refractivity contribution in [2.45, 2.75) is 51.5 Å². The third-order valence-electron chi connectivity index (χ3n) is 3.44. The highest BCUT2D eigenvalue weighted by atomic mass is 32.1. The molecule has 0 bridgehead atoms. The van der Waals surface area contributed by atoms with Crippen molar-refractivity contribution in [3.8, 4) is 0 Å². The van der Waals surface area contributed by atoms with Gasteiger partial charge < -0.3 is 11.1 Å². The number of aromatic nitrogens is 2. The van der Waals surface area contributed by atoms with Crippen molar-refractivity contribution in [2.75, 3.05) is 11.9 Å². The average Bonchev–Trinajstić information content (AvgIpc) is 2.77. The van der Waals surface area contributed by atoms with Gasteiger partial charge >= 0.3 is 0 Å². The van der Waals surface area contributed by atoms with Crippen LogP contribution in [0, 0.1) is 5.92 Å². The van der Waals surface area contributed by atoms with Crippen LogP contribution in [0.25, 0.3) is 0 Å². The van der Waals surface area contributed by atoms with E-state index in [1.165, 1.54) is 37.2 Å². The van der Waals surface area contributed by atoms with E-state index in [4.69, 9.17) is 5.73 Å². The van der Waals surface area contributed by atoms with Crippen LogP contribution in [0.15, 0.2) is 0 Å². The van der Waals surface area contributed by atoms with E-state index >= 15 is 0 Å². The van der Waals surface area contributed by atoms with E-state index in [1.54, 1.807) is 0 Å². The Balaban J connectivity index is 1.84. The van der Waals surface area contributed by atoms with Gasteiger partial charge in [0.25, 0.3) is 0 Å². The molecular weight excluding hydrogens is 232 g/mol. The van der Waals surface area contributed by atoms with Crippen molar-refractivity contribution < 1.29 is 0 Å². The van der Waals surface area contributed by atoms with Gasteiger partial charge in [-0.15, -0.1) is 0 Å². The van der Waals surface area contributed by atoms with Gasteiger partial charge in [-0.3, -0.25) is 0 Å². The first-order valence-electron chi connectivity index (χ1n) is 6.50. The molecule has 1 aliphatic carbocycles. The highest BCUT2D eigenvalue weighted by molar-refractivity contribution is 7.09. The molecule has 2 unspecified atom stereocenters. The van der Waals surface area contributed by atoms with Crippen molar-refractivity contribution in [1.82, 2.24) is 9.36 Å². The SMILES string of the molecule is CC(C)c1nsc(NCC2CCCCC2N)n1. The van der Waals surface area contributed by atoms with Crippen LogP contribution in [0.5, 0.6) is 0 Å². The summed E-state index contributed by atoms with van der Waals surface area (Å²) in [6.07, 6.45) is 5.01. The summed E-state index contributed by atoms with van der Waals surface area (Å²) in [6.45, 7) is 5.17. The fourth-order valence-electron chi connectivity index (χ4n) is 2.25. The quantitative estimate of drug-likeness (QED) is 0.867. The molecule has 1 fully saturated rings. The zero-order chi connectivity index (χ0) is 12.3. The lowest BCUT2D eigenvalue weighted by Crippen LogP contribution is -2.37. The molecule has 0 saturated heterocycles. The van der Waals surface area contributed by atoms with E-state index in [0.717, 1.165) is 17.5 Å². The molecule has 0 spiro atoms. The van der Waals surface area contributed by atoms with Gasteiger partial charge in [-0.05, 0) is 18.8 Å². The summed E-state index contributed by atoms with van der Waals surface area (Å²) >= 11 is 1.45. The molecule has 0 aliphatic heterocycles. The lowest BCUT2D eigenvalue weighted by molar-refractivity contribution is 0.321. The van der Waals surface area contributed by atoms with Crippen LogP contribution in [0.3, 0.4) is 0 Å². The molecule has 4 nitrogen and oxygen atoms in total. The number of anilines is 1. The number of hydrogen-bond acceptors (Lipinski definition) is 5. The van der Waals surface area contributed by atoms with E-state index in [9.17, 15) is 0 Å². The molecule has 2 atom stereocenters. The Morgan fingerprint density at radius 2 is 2.18 bits per heavy atom. The molecule has 0 radical (unpaired) electrons. The minimum absolute atomic E-state index is 0.355. The average molecular weight is 254 g/mol. The molecule has 1 heterocycles. The molecule has 1 aromatic heterocycles. The number of nitrogens with two attached hydrogens (primary N) is 1. The van der Waals surface area contributed by atoms with Crippen molar-refractivity contribution in [3.63, 3.8) is 0 Å². The van der Waals surface area contributed by atoms with Crippen molar-refractivity contribution in [2.24, 2.45) is 11.7 Å². The molecule has 2 rings (SSSR count). The van der Waals surface area contributed by atoms with E-state index in [0.29, 0.717) is 17.9 Å². The first-order valence-corrected chi connectivity index (χ1v) is 7.27. The predicted octanol–water partition coefficient (Wildman–Crippen LogP) is 2.59. The lowest BCUT2D eigenvalue weighted by atomic mass is 9.85. The van der Waals surface area contributed by atoms with Crippen LogP contribution >= 0.6 is 11.5 Å². The van der Waals surface area contributed by atoms with Gasteiger partial charge in [0, 0.05) is 30.0 Å². The zero-order valence-electron chi connectivity index (χ0n) is 10.6. The van der Waals surface area contributed by atoms with Gasteiger partial charge in [0.05, 0.1) is 0 Å². The maximum Gasteiger partial charge on any atom is 0.202 e. The lowest BCUT2D eigenvalue weighted by Gasteiger charge is -2.28. The van der Waals surface area contributed by atoms with Gasteiger partial charge in [-0.1, -0.05) is 26.7 Å². The monoisotopic (exact) mass is 254 g/mol. The van der Waals surface area contributed by atoms with Gasteiger partial charge in [0.1, 0.15) is 5.82 Å². The Bertz CT molecular complexity index is 350. The van der Waals surface area contributed by atoms with Gasteiger partial charge in [-0.2, -0.15) is 4.37 Å². The summed E-state index contributed by atoms with van der Waals surface area (Å²) in [4.78, 5) is 4.47. The van der Waals surface area contributed by atoms with Gasteiger partial charge in [-0.25, -0.2) is 4.98 Å². The maximum atomic E-state index is 6.12. The Hall–Kier alpha value is -0.680. The van der Waals surface area contributed by atoms with Crippen LogP contribution in [0.4, 0.5) is 5.13 Å². The fraction of sp³-hybridized carbons (Fsp3) is 0.833. The van der Waals surface area contributed by atoms with E-state index in [-0.39, 0.29) is 0 Å². The standard InChI is InChI=1S/C12H22N4S/c1-8(2)11-15-12(17-16-11)14-7-9-5-3-4-6-10(9)13/h8-10H,3-7,13H2,1-2H3,(H,14,15,16). The Morgan fingerprint density at radius 3 is 2.82 bits per heavy atom. The number of hydrogen-bond donors (Lipinski definition) is 2. The second kappa shape index (κ2) is 5.78. The van der Waals surface area contributed by atoms with E-state index in [1.807, 2.05) is 0 Å². The van der Waals surface area contributed by atoms with Crippen LogP contribution in [0.1, 0.15) is 51.3 Å². The van der Waals surface area contributed by atoms with Crippen molar-refractivity contribution >= 4 is 16.7 Å². The second-order valence-electron chi connectivity index (χ2n) is 5.20. The largest absolute Gasteiger partial charge is 0.360 e.